The summed E-state index contributed by atoms with van der Waals surface area (Å²) in [4.78, 5) is 31.3. The second-order valence-corrected chi connectivity index (χ2v) is 7.79. The van der Waals surface area contributed by atoms with E-state index in [1.54, 1.807) is 54.7 Å². The molecule has 1 unspecified atom stereocenters. The Hall–Kier alpha value is -2.96. The monoisotopic (exact) mass is 468 g/mol. The molecule has 1 aliphatic rings. The Bertz CT molecular complexity index is 1110. The van der Waals surface area contributed by atoms with E-state index in [0.29, 0.717) is 21.8 Å². The number of benzene rings is 2. The lowest BCUT2D eigenvalue weighted by molar-refractivity contribution is -0.132. The van der Waals surface area contributed by atoms with Crippen molar-refractivity contribution in [3.8, 4) is 0 Å². The van der Waals surface area contributed by atoms with E-state index in [9.17, 15) is 14.7 Å². The van der Waals surface area contributed by atoms with Crippen LogP contribution in [0.25, 0.3) is 5.76 Å². The second-order valence-electron chi connectivity index (χ2n) is 6.44. The molecule has 0 bridgehead atoms. The van der Waals surface area contributed by atoms with E-state index in [1.165, 1.54) is 11.1 Å². The first-order chi connectivity index (χ1) is 14.0. The number of carbonyl (C=O) groups excluding carboxylic acids is 2. The summed E-state index contributed by atoms with van der Waals surface area (Å²) in [5.74, 6) is -1.73. The molecule has 2 heterocycles. The molecule has 1 aromatic heterocycles. The van der Waals surface area contributed by atoms with Crippen molar-refractivity contribution in [3.05, 3.63) is 99.3 Å². The van der Waals surface area contributed by atoms with Crippen LogP contribution < -0.4 is 4.90 Å². The number of Topliss-reactive ketones (excluding diaryl/α,β-unsaturated/α-hetero) is 1. The van der Waals surface area contributed by atoms with Crippen LogP contribution in [0.3, 0.4) is 0 Å². The van der Waals surface area contributed by atoms with Gasteiger partial charge < -0.3 is 5.11 Å². The molecule has 144 valence electrons. The maximum Gasteiger partial charge on any atom is 0.300 e. The van der Waals surface area contributed by atoms with Crippen LogP contribution >= 0.6 is 27.5 Å². The fourth-order valence-electron chi connectivity index (χ4n) is 3.32. The van der Waals surface area contributed by atoms with Gasteiger partial charge in [0.15, 0.2) is 0 Å². The first kappa shape index (κ1) is 19.4. The van der Waals surface area contributed by atoms with Gasteiger partial charge in [-0.3, -0.25) is 19.5 Å². The number of nitrogens with zero attached hydrogens (tertiary/aromatic N) is 2. The van der Waals surface area contributed by atoms with Gasteiger partial charge in [-0.2, -0.15) is 0 Å². The minimum Gasteiger partial charge on any atom is -0.507 e. The van der Waals surface area contributed by atoms with E-state index >= 15 is 0 Å². The fraction of sp³-hybridized carbons (Fsp3) is 0.0455. The maximum absolute atomic E-state index is 13.0. The summed E-state index contributed by atoms with van der Waals surface area (Å²) in [5, 5.41) is 11.5. The number of hydrogen-bond donors (Lipinski definition) is 1. The third-order valence-corrected chi connectivity index (χ3v) is 5.45. The first-order valence-corrected chi connectivity index (χ1v) is 9.87. The van der Waals surface area contributed by atoms with E-state index in [-0.39, 0.29) is 11.3 Å². The zero-order valence-corrected chi connectivity index (χ0v) is 17.3. The van der Waals surface area contributed by atoms with Crippen LogP contribution in [-0.4, -0.2) is 21.8 Å². The molecule has 0 spiro atoms. The molecular formula is C22H14BrClN2O3. The Morgan fingerprint density at radius 2 is 1.72 bits per heavy atom. The topological polar surface area (TPSA) is 70.5 Å². The molecule has 0 aliphatic carbocycles. The molecule has 4 rings (SSSR count). The van der Waals surface area contributed by atoms with E-state index < -0.39 is 17.7 Å². The second kappa shape index (κ2) is 7.81. The highest BCUT2D eigenvalue weighted by atomic mass is 79.9. The van der Waals surface area contributed by atoms with E-state index in [4.69, 9.17) is 11.6 Å². The minimum absolute atomic E-state index is 0.0171. The summed E-state index contributed by atoms with van der Waals surface area (Å²) in [6.45, 7) is 0. The highest BCUT2D eigenvalue weighted by Gasteiger charge is 2.47. The SMILES string of the molecule is O=C1C(=O)N(c2cccnc2)C(c2ccc(Br)cc2)C1=C(O)c1ccc(Cl)cc1. The first-order valence-electron chi connectivity index (χ1n) is 8.70. The van der Waals surface area contributed by atoms with Gasteiger partial charge in [0, 0.05) is 21.3 Å². The van der Waals surface area contributed by atoms with Crippen molar-refractivity contribution in [2.75, 3.05) is 4.90 Å². The maximum atomic E-state index is 13.0. The zero-order valence-electron chi connectivity index (χ0n) is 14.9. The predicted octanol–water partition coefficient (Wildman–Crippen LogP) is 5.12. The Labute approximate surface area is 180 Å². The molecule has 1 atom stereocenters. The number of rotatable bonds is 3. The quantitative estimate of drug-likeness (QED) is 0.328. The van der Waals surface area contributed by atoms with Crippen LogP contribution in [-0.2, 0) is 9.59 Å². The normalized spacial score (nSPS) is 18.3. The Balaban J connectivity index is 1.94. The van der Waals surface area contributed by atoms with Crippen molar-refractivity contribution in [3.63, 3.8) is 0 Å². The van der Waals surface area contributed by atoms with E-state index in [0.717, 1.165) is 4.47 Å². The van der Waals surface area contributed by atoms with Crippen LogP contribution in [0.4, 0.5) is 5.69 Å². The van der Waals surface area contributed by atoms with E-state index in [2.05, 4.69) is 20.9 Å². The number of halogens is 2. The van der Waals surface area contributed by atoms with Crippen LogP contribution in [0.15, 0.2) is 83.1 Å². The van der Waals surface area contributed by atoms with Gasteiger partial charge >= 0.3 is 0 Å². The highest BCUT2D eigenvalue weighted by molar-refractivity contribution is 9.10. The van der Waals surface area contributed by atoms with Crippen molar-refractivity contribution in [1.29, 1.82) is 0 Å². The van der Waals surface area contributed by atoms with Gasteiger partial charge in [-0.15, -0.1) is 0 Å². The molecule has 1 saturated heterocycles. The molecule has 1 fully saturated rings. The summed E-state index contributed by atoms with van der Waals surface area (Å²) < 4.78 is 0.859. The van der Waals surface area contributed by atoms with Crippen molar-refractivity contribution in [2.45, 2.75) is 6.04 Å². The number of amides is 1. The van der Waals surface area contributed by atoms with Crippen LogP contribution in [0.5, 0.6) is 0 Å². The lowest BCUT2D eigenvalue weighted by atomic mass is 9.95. The number of aliphatic hydroxyl groups is 1. The number of aromatic nitrogens is 1. The molecule has 0 saturated carbocycles. The number of anilines is 1. The van der Waals surface area contributed by atoms with Crippen molar-refractivity contribution in [1.82, 2.24) is 4.98 Å². The summed E-state index contributed by atoms with van der Waals surface area (Å²) >= 11 is 9.33. The highest BCUT2D eigenvalue weighted by Crippen LogP contribution is 2.42. The molecule has 29 heavy (non-hydrogen) atoms. The zero-order chi connectivity index (χ0) is 20.5. The molecule has 1 amide bonds. The predicted molar refractivity (Wildman–Crippen MR) is 115 cm³/mol. The summed E-state index contributed by atoms with van der Waals surface area (Å²) in [5.41, 5.74) is 1.58. The minimum atomic E-state index is -0.789. The molecular weight excluding hydrogens is 456 g/mol. The lowest BCUT2D eigenvalue weighted by Gasteiger charge is -2.25. The van der Waals surface area contributed by atoms with Gasteiger partial charge in [0.05, 0.1) is 23.5 Å². The van der Waals surface area contributed by atoms with Gasteiger partial charge in [0.25, 0.3) is 11.7 Å². The van der Waals surface area contributed by atoms with Gasteiger partial charge in [-0.25, -0.2) is 0 Å². The molecule has 3 aromatic rings. The van der Waals surface area contributed by atoms with Crippen LogP contribution in [0.2, 0.25) is 5.02 Å². The molecule has 5 nitrogen and oxygen atoms in total. The van der Waals surface area contributed by atoms with Crippen molar-refractivity contribution >= 4 is 50.7 Å². The van der Waals surface area contributed by atoms with Gasteiger partial charge in [-0.1, -0.05) is 39.7 Å². The average Bonchev–Trinajstić information content (AvgIpc) is 3.00. The Kier molecular flexibility index (Phi) is 5.22. The number of pyridine rings is 1. The number of ketones is 1. The van der Waals surface area contributed by atoms with Crippen molar-refractivity contribution < 1.29 is 14.7 Å². The summed E-state index contributed by atoms with van der Waals surface area (Å²) in [7, 11) is 0. The van der Waals surface area contributed by atoms with Crippen molar-refractivity contribution in [2.24, 2.45) is 0 Å². The summed E-state index contributed by atoms with van der Waals surface area (Å²) in [6.07, 6.45) is 3.10. The molecule has 1 N–H and O–H groups in total. The van der Waals surface area contributed by atoms with Gasteiger partial charge in [0.2, 0.25) is 0 Å². The van der Waals surface area contributed by atoms with E-state index in [1.807, 2.05) is 12.1 Å². The third kappa shape index (κ3) is 3.57. The number of aliphatic hydroxyl groups excluding tert-OH is 1. The fourth-order valence-corrected chi connectivity index (χ4v) is 3.71. The van der Waals surface area contributed by atoms with Gasteiger partial charge in [0.1, 0.15) is 5.76 Å². The number of carbonyl (C=O) groups is 2. The lowest BCUT2D eigenvalue weighted by Crippen LogP contribution is -2.29. The van der Waals surface area contributed by atoms with Crippen LogP contribution in [0.1, 0.15) is 17.2 Å². The molecule has 2 aromatic carbocycles. The molecule has 0 radical (unpaired) electrons. The Morgan fingerprint density at radius 1 is 1.03 bits per heavy atom. The Morgan fingerprint density at radius 3 is 2.34 bits per heavy atom. The third-order valence-electron chi connectivity index (χ3n) is 4.67. The standard InChI is InChI=1S/C22H14BrClN2O3/c23-15-7-3-13(4-8-15)19-18(20(27)14-5-9-16(24)10-6-14)21(28)22(29)26(19)17-2-1-11-25-12-17/h1-12,19,27H. The van der Waals surface area contributed by atoms with Crippen LogP contribution in [0, 0.1) is 0 Å². The molecule has 1 aliphatic heterocycles. The number of hydrogen-bond acceptors (Lipinski definition) is 4. The van der Waals surface area contributed by atoms with Gasteiger partial charge in [-0.05, 0) is 54.1 Å². The average molecular weight is 470 g/mol. The molecule has 7 heteroatoms. The largest absolute Gasteiger partial charge is 0.507 e. The summed E-state index contributed by atoms with van der Waals surface area (Å²) in [6, 6.07) is 16.3. The smallest absolute Gasteiger partial charge is 0.300 e.